The lowest BCUT2D eigenvalue weighted by molar-refractivity contribution is 0.0950. The second kappa shape index (κ2) is 7.95. The molecule has 134 valence electrons. The summed E-state index contributed by atoms with van der Waals surface area (Å²) in [6.07, 6.45) is 0. The number of carbonyl (C=O) groups excluding carboxylic acids is 1. The molecule has 0 atom stereocenters. The van der Waals surface area contributed by atoms with Crippen LogP contribution in [0.1, 0.15) is 15.9 Å². The highest BCUT2D eigenvalue weighted by atomic mass is 35.7. The molecule has 6 nitrogen and oxygen atoms in total. The molecule has 0 saturated carbocycles. The van der Waals surface area contributed by atoms with Gasteiger partial charge in [-0.15, -0.1) is 0 Å². The minimum Gasteiger partial charge on any atom is -0.493 e. The summed E-state index contributed by atoms with van der Waals surface area (Å²) in [5.74, 6) is 0.125. The molecule has 25 heavy (non-hydrogen) atoms. The lowest BCUT2D eigenvalue weighted by atomic mass is 10.1. The minimum absolute atomic E-state index is 0.0764. The maximum absolute atomic E-state index is 12.2. The van der Waals surface area contributed by atoms with E-state index >= 15 is 0 Å². The number of rotatable bonds is 6. The molecule has 0 bridgehead atoms. The maximum Gasteiger partial charge on any atom is 0.261 e. The van der Waals surface area contributed by atoms with Gasteiger partial charge in [0.2, 0.25) is 0 Å². The van der Waals surface area contributed by atoms with Crippen molar-refractivity contribution in [3.05, 3.63) is 52.5 Å². The summed E-state index contributed by atoms with van der Waals surface area (Å²) in [5, 5.41) is 3.05. The van der Waals surface area contributed by atoms with Crippen LogP contribution in [-0.2, 0) is 15.6 Å². The fourth-order valence-electron chi connectivity index (χ4n) is 2.17. The molecule has 2 rings (SSSR count). The summed E-state index contributed by atoms with van der Waals surface area (Å²) in [5.41, 5.74) is 0.617. The van der Waals surface area contributed by atoms with Crippen LogP contribution in [0.25, 0.3) is 0 Å². The number of methoxy groups -OCH3 is 2. The highest BCUT2D eigenvalue weighted by Crippen LogP contribution is 2.34. The molecule has 0 aliphatic carbocycles. The number of hydrogen-bond donors (Lipinski definition) is 1. The number of amides is 1. The standard InChI is InChI=1S/C16H15Cl2NO5S/c1-23-13-7-11(15(25(18,21)22)8-14(13)24-2)9-19-16(20)10-4-3-5-12(17)6-10/h3-8H,9H2,1-2H3,(H,19,20). The SMILES string of the molecule is COc1cc(CNC(=O)c2cccc(Cl)c2)c(S(=O)(=O)Cl)cc1OC. The number of carbonyl (C=O) groups is 1. The van der Waals surface area contributed by atoms with Gasteiger partial charge in [0.1, 0.15) is 0 Å². The zero-order valence-electron chi connectivity index (χ0n) is 13.4. The third-order valence-corrected chi connectivity index (χ3v) is 4.99. The van der Waals surface area contributed by atoms with Crippen molar-refractivity contribution in [2.75, 3.05) is 14.2 Å². The first-order valence-corrected chi connectivity index (χ1v) is 9.68. The molecule has 0 saturated heterocycles. The smallest absolute Gasteiger partial charge is 0.261 e. The van der Waals surface area contributed by atoms with E-state index in [1.165, 1.54) is 32.4 Å². The van der Waals surface area contributed by atoms with Gasteiger partial charge >= 0.3 is 0 Å². The van der Waals surface area contributed by atoms with Crippen LogP contribution in [0.3, 0.4) is 0 Å². The van der Waals surface area contributed by atoms with Gasteiger partial charge in [0.05, 0.1) is 19.1 Å². The average Bonchev–Trinajstić information content (AvgIpc) is 2.57. The highest BCUT2D eigenvalue weighted by molar-refractivity contribution is 8.13. The molecular formula is C16H15Cl2NO5S. The molecule has 0 heterocycles. The van der Waals surface area contributed by atoms with Crippen LogP contribution in [-0.4, -0.2) is 28.5 Å². The fraction of sp³-hybridized carbons (Fsp3) is 0.188. The van der Waals surface area contributed by atoms with Crippen molar-refractivity contribution in [2.45, 2.75) is 11.4 Å². The summed E-state index contributed by atoms with van der Waals surface area (Å²) < 4.78 is 33.9. The molecule has 0 unspecified atom stereocenters. The van der Waals surface area contributed by atoms with Gasteiger partial charge in [-0.1, -0.05) is 17.7 Å². The molecule has 0 aliphatic rings. The fourth-order valence-corrected chi connectivity index (χ4v) is 3.49. The molecule has 2 aromatic carbocycles. The molecule has 9 heteroatoms. The molecule has 0 aromatic heterocycles. The molecule has 1 amide bonds. The molecular weight excluding hydrogens is 389 g/mol. The molecule has 0 spiro atoms. The summed E-state index contributed by atoms with van der Waals surface area (Å²) in [6, 6.07) is 9.08. The van der Waals surface area contributed by atoms with E-state index in [9.17, 15) is 13.2 Å². The van der Waals surface area contributed by atoms with Gasteiger partial charge in [0, 0.05) is 33.9 Å². The van der Waals surface area contributed by atoms with Crippen molar-refractivity contribution in [3.8, 4) is 11.5 Å². The highest BCUT2D eigenvalue weighted by Gasteiger charge is 2.20. The summed E-state index contributed by atoms with van der Waals surface area (Å²) in [6.45, 7) is -0.0764. The summed E-state index contributed by atoms with van der Waals surface area (Å²) in [7, 11) is 4.24. The maximum atomic E-state index is 12.2. The van der Waals surface area contributed by atoms with E-state index in [2.05, 4.69) is 5.32 Å². The van der Waals surface area contributed by atoms with Crippen molar-refractivity contribution in [1.29, 1.82) is 0 Å². The van der Waals surface area contributed by atoms with E-state index in [4.69, 9.17) is 31.8 Å². The Morgan fingerprint density at radius 1 is 1.12 bits per heavy atom. The Morgan fingerprint density at radius 2 is 1.76 bits per heavy atom. The Hall–Kier alpha value is -1.96. The second-order valence-electron chi connectivity index (χ2n) is 4.95. The number of benzene rings is 2. The molecule has 0 radical (unpaired) electrons. The van der Waals surface area contributed by atoms with Crippen molar-refractivity contribution in [1.82, 2.24) is 5.32 Å². The van der Waals surface area contributed by atoms with E-state index in [0.29, 0.717) is 16.3 Å². The average molecular weight is 404 g/mol. The summed E-state index contributed by atoms with van der Waals surface area (Å²) >= 11 is 5.86. The van der Waals surface area contributed by atoms with Crippen LogP contribution >= 0.6 is 22.3 Å². The third kappa shape index (κ3) is 4.78. The minimum atomic E-state index is -4.05. The monoisotopic (exact) mass is 403 g/mol. The van der Waals surface area contributed by atoms with E-state index in [1.807, 2.05) is 0 Å². The van der Waals surface area contributed by atoms with Crippen LogP contribution in [0.15, 0.2) is 41.3 Å². The van der Waals surface area contributed by atoms with Gasteiger partial charge in [0.25, 0.3) is 15.0 Å². The quantitative estimate of drug-likeness (QED) is 0.748. The Balaban J connectivity index is 2.33. The Bertz CT molecular complexity index is 899. The molecule has 0 aliphatic heterocycles. The van der Waals surface area contributed by atoms with E-state index in [1.54, 1.807) is 18.2 Å². The number of halogens is 2. The molecule has 1 N–H and O–H groups in total. The van der Waals surface area contributed by atoms with E-state index < -0.39 is 15.0 Å². The Kier molecular flexibility index (Phi) is 6.16. The molecule has 2 aromatic rings. The van der Waals surface area contributed by atoms with Crippen molar-refractivity contribution >= 4 is 37.2 Å². The zero-order chi connectivity index (χ0) is 18.6. The van der Waals surface area contributed by atoms with E-state index in [0.717, 1.165) is 0 Å². The van der Waals surface area contributed by atoms with Crippen LogP contribution in [0.2, 0.25) is 5.02 Å². The summed E-state index contributed by atoms with van der Waals surface area (Å²) in [4.78, 5) is 12.0. The predicted molar refractivity (Wildman–Crippen MR) is 95.2 cm³/mol. The number of nitrogens with one attached hydrogen (secondary N) is 1. The lowest BCUT2D eigenvalue weighted by Gasteiger charge is -2.14. The van der Waals surface area contributed by atoms with Gasteiger partial charge in [-0.25, -0.2) is 8.42 Å². The van der Waals surface area contributed by atoms with Gasteiger partial charge in [-0.2, -0.15) is 0 Å². The first-order chi connectivity index (χ1) is 11.8. The second-order valence-corrected chi connectivity index (χ2v) is 7.92. The van der Waals surface area contributed by atoms with Gasteiger partial charge < -0.3 is 14.8 Å². The van der Waals surface area contributed by atoms with Gasteiger partial charge in [0.15, 0.2) is 11.5 Å². The van der Waals surface area contributed by atoms with Crippen LogP contribution in [0.5, 0.6) is 11.5 Å². The van der Waals surface area contributed by atoms with Crippen molar-refractivity contribution in [3.63, 3.8) is 0 Å². The van der Waals surface area contributed by atoms with Crippen molar-refractivity contribution in [2.24, 2.45) is 0 Å². The number of hydrogen-bond acceptors (Lipinski definition) is 5. The van der Waals surface area contributed by atoms with Crippen molar-refractivity contribution < 1.29 is 22.7 Å². The zero-order valence-corrected chi connectivity index (χ0v) is 15.7. The lowest BCUT2D eigenvalue weighted by Crippen LogP contribution is -2.23. The van der Waals surface area contributed by atoms with Crippen LogP contribution < -0.4 is 14.8 Å². The predicted octanol–water partition coefficient (Wildman–Crippen LogP) is 3.21. The van der Waals surface area contributed by atoms with Gasteiger partial charge in [-0.05, 0) is 29.8 Å². The molecule has 0 fully saturated rings. The Morgan fingerprint density at radius 3 is 2.32 bits per heavy atom. The van der Waals surface area contributed by atoms with E-state index in [-0.39, 0.29) is 22.8 Å². The topological polar surface area (TPSA) is 81.7 Å². The van der Waals surface area contributed by atoms with Gasteiger partial charge in [-0.3, -0.25) is 4.79 Å². The first kappa shape index (κ1) is 19.4. The first-order valence-electron chi connectivity index (χ1n) is 6.99. The number of ether oxygens (including phenoxy) is 2. The third-order valence-electron chi connectivity index (χ3n) is 3.36. The van der Waals surface area contributed by atoms with Crippen LogP contribution in [0.4, 0.5) is 0 Å². The largest absolute Gasteiger partial charge is 0.493 e. The Labute approximate surface area is 155 Å². The van der Waals surface area contributed by atoms with Crippen LogP contribution in [0, 0.1) is 0 Å². The normalized spacial score (nSPS) is 11.0.